The summed E-state index contributed by atoms with van der Waals surface area (Å²) < 4.78 is 11.0. The van der Waals surface area contributed by atoms with Gasteiger partial charge in [0, 0.05) is 65.0 Å². The summed E-state index contributed by atoms with van der Waals surface area (Å²) in [7, 11) is 5.70. The van der Waals surface area contributed by atoms with Gasteiger partial charge in [0.25, 0.3) is 0 Å². The van der Waals surface area contributed by atoms with E-state index in [1.807, 2.05) is 7.05 Å². The zero-order valence-corrected chi connectivity index (χ0v) is 19.7. The van der Waals surface area contributed by atoms with Crippen LogP contribution < -0.4 is 15.4 Å². The van der Waals surface area contributed by atoms with Crippen LogP contribution in [-0.4, -0.2) is 88.9 Å². The van der Waals surface area contributed by atoms with Gasteiger partial charge in [0.2, 0.25) is 0 Å². The van der Waals surface area contributed by atoms with Crippen molar-refractivity contribution in [2.45, 2.75) is 33.4 Å². The molecule has 1 fully saturated rings. The van der Waals surface area contributed by atoms with Gasteiger partial charge in [-0.3, -0.25) is 9.89 Å². The molecule has 1 heterocycles. The van der Waals surface area contributed by atoms with E-state index in [0.717, 1.165) is 50.0 Å². The van der Waals surface area contributed by atoms with Gasteiger partial charge in [-0.15, -0.1) is 0 Å². The number of nitrogens with zero attached hydrogens (tertiary/aromatic N) is 3. The molecule has 7 heteroatoms. The lowest BCUT2D eigenvalue weighted by Crippen LogP contribution is -2.55. The third-order valence-electron chi connectivity index (χ3n) is 5.69. The molecular formula is C23H41N5O2. The lowest BCUT2D eigenvalue weighted by molar-refractivity contribution is 0.0900. The summed E-state index contributed by atoms with van der Waals surface area (Å²) in [5.41, 5.74) is 2.29. The Morgan fingerprint density at radius 3 is 2.50 bits per heavy atom. The fraction of sp³-hybridized carbons (Fsp3) is 0.696. The van der Waals surface area contributed by atoms with Gasteiger partial charge in [-0.05, 0) is 31.5 Å². The Morgan fingerprint density at radius 2 is 1.87 bits per heavy atom. The Hall–Kier alpha value is -1.83. The van der Waals surface area contributed by atoms with Crippen molar-refractivity contribution in [3.05, 3.63) is 29.3 Å². The minimum absolute atomic E-state index is 0.490. The molecule has 0 aliphatic carbocycles. The molecule has 0 spiro atoms. The number of hydrogen-bond acceptors (Lipinski definition) is 5. The normalized spacial score (nSPS) is 17.2. The van der Waals surface area contributed by atoms with Gasteiger partial charge in [-0.1, -0.05) is 26.0 Å². The van der Waals surface area contributed by atoms with E-state index < -0.39 is 0 Å². The number of piperazine rings is 1. The molecule has 0 aromatic heterocycles. The zero-order chi connectivity index (χ0) is 21.9. The fourth-order valence-electron chi connectivity index (χ4n) is 3.72. The molecule has 1 aliphatic heterocycles. The monoisotopic (exact) mass is 419 g/mol. The van der Waals surface area contributed by atoms with E-state index in [2.05, 4.69) is 71.4 Å². The van der Waals surface area contributed by atoms with Crippen LogP contribution in [0.4, 0.5) is 0 Å². The lowest BCUT2D eigenvalue weighted by Gasteiger charge is -2.40. The number of guanidine groups is 1. The second-order valence-electron chi connectivity index (χ2n) is 8.41. The van der Waals surface area contributed by atoms with E-state index in [-0.39, 0.29) is 0 Å². The topological polar surface area (TPSA) is 61.4 Å². The van der Waals surface area contributed by atoms with Crippen molar-refractivity contribution in [3.8, 4) is 5.75 Å². The van der Waals surface area contributed by atoms with Crippen molar-refractivity contribution in [2.75, 3.05) is 67.1 Å². The van der Waals surface area contributed by atoms with Gasteiger partial charge in [0.1, 0.15) is 12.4 Å². The van der Waals surface area contributed by atoms with E-state index in [4.69, 9.17) is 9.47 Å². The highest BCUT2D eigenvalue weighted by Crippen LogP contribution is 2.20. The number of nitrogens with one attached hydrogen (secondary N) is 2. The SMILES string of the molecule is CN=C(NCc1ccc(C)cc1OCCOC)NCC(C(C)C)N1CCN(C)CC1. The lowest BCUT2D eigenvalue weighted by atomic mass is 10.0. The molecule has 1 unspecified atom stereocenters. The Labute approximate surface area is 182 Å². The summed E-state index contributed by atoms with van der Waals surface area (Å²) in [6.07, 6.45) is 0. The maximum atomic E-state index is 5.91. The van der Waals surface area contributed by atoms with E-state index in [9.17, 15) is 0 Å². The van der Waals surface area contributed by atoms with E-state index >= 15 is 0 Å². The second-order valence-corrected chi connectivity index (χ2v) is 8.41. The smallest absolute Gasteiger partial charge is 0.191 e. The van der Waals surface area contributed by atoms with Crippen molar-refractivity contribution in [2.24, 2.45) is 10.9 Å². The number of aryl methyl sites for hydroxylation is 1. The minimum Gasteiger partial charge on any atom is -0.491 e. The molecule has 170 valence electrons. The van der Waals surface area contributed by atoms with Crippen LogP contribution in [-0.2, 0) is 11.3 Å². The molecule has 1 aromatic carbocycles. The molecule has 0 bridgehead atoms. The number of methoxy groups -OCH3 is 1. The quantitative estimate of drug-likeness (QED) is 0.343. The maximum absolute atomic E-state index is 5.91. The number of ether oxygens (including phenoxy) is 2. The van der Waals surface area contributed by atoms with E-state index in [1.165, 1.54) is 5.56 Å². The first kappa shape index (κ1) is 24.4. The Bertz CT molecular complexity index is 657. The Kier molecular flexibility index (Phi) is 10.4. The summed E-state index contributed by atoms with van der Waals surface area (Å²) >= 11 is 0. The van der Waals surface area contributed by atoms with Crippen LogP contribution in [0.15, 0.2) is 23.2 Å². The van der Waals surface area contributed by atoms with Crippen LogP contribution >= 0.6 is 0 Å². The summed E-state index contributed by atoms with van der Waals surface area (Å²) in [6, 6.07) is 6.78. The summed E-state index contributed by atoms with van der Waals surface area (Å²) in [4.78, 5) is 9.42. The molecule has 2 rings (SSSR count). The number of aliphatic imine (C=N–C) groups is 1. The van der Waals surface area contributed by atoms with Crippen molar-refractivity contribution >= 4 is 5.96 Å². The molecule has 0 amide bonds. The number of rotatable bonds is 10. The van der Waals surface area contributed by atoms with Crippen LogP contribution in [0.5, 0.6) is 5.75 Å². The molecule has 1 aromatic rings. The average molecular weight is 420 g/mol. The average Bonchev–Trinajstić information content (AvgIpc) is 2.72. The van der Waals surface area contributed by atoms with E-state index in [1.54, 1.807) is 7.11 Å². The molecule has 2 N–H and O–H groups in total. The summed E-state index contributed by atoms with van der Waals surface area (Å²) in [6.45, 7) is 13.9. The maximum Gasteiger partial charge on any atom is 0.191 e. The van der Waals surface area contributed by atoms with Gasteiger partial charge < -0.3 is 25.0 Å². The van der Waals surface area contributed by atoms with Gasteiger partial charge >= 0.3 is 0 Å². The summed E-state index contributed by atoms with van der Waals surface area (Å²) in [5, 5.41) is 6.98. The molecule has 1 saturated heterocycles. The van der Waals surface area contributed by atoms with Crippen molar-refractivity contribution < 1.29 is 9.47 Å². The summed E-state index contributed by atoms with van der Waals surface area (Å²) in [5.74, 6) is 2.29. The molecule has 1 aliphatic rings. The van der Waals surface area contributed by atoms with Gasteiger partial charge in [0.15, 0.2) is 5.96 Å². The van der Waals surface area contributed by atoms with Crippen LogP contribution in [0.25, 0.3) is 0 Å². The van der Waals surface area contributed by atoms with Gasteiger partial charge in [-0.2, -0.15) is 0 Å². The molecule has 7 nitrogen and oxygen atoms in total. The predicted molar refractivity (Wildman–Crippen MR) is 124 cm³/mol. The third kappa shape index (κ3) is 7.78. The number of likely N-dealkylation sites (N-methyl/N-ethyl adjacent to an activating group) is 1. The second kappa shape index (κ2) is 12.8. The highest BCUT2D eigenvalue weighted by Gasteiger charge is 2.25. The van der Waals surface area contributed by atoms with Crippen molar-refractivity contribution in [1.82, 2.24) is 20.4 Å². The number of benzene rings is 1. The Morgan fingerprint density at radius 1 is 1.13 bits per heavy atom. The Balaban J connectivity index is 1.91. The molecule has 1 atom stereocenters. The molecule has 30 heavy (non-hydrogen) atoms. The van der Waals surface area contributed by atoms with Gasteiger partial charge in [-0.25, -0.2) is 0 Å². The predicted octanol–water partition coefficient (Wildman–Crippen LogP) is 1.96. The largest absolute Gasteiger partial charge is 0.491 e. The highest BCUT2D eigenvalue weighted by atomic mass is 16.5. The first-order valence-corrected chi connectivity index (χ1v) is 11.0. The number of hydrogen-bond donors (Lipinski definition) is 2. The van der Waals surface area contributed by atoms with Crippen LogP contribution in [0.2, 0.25) is 0 Å². The van der Waals surface area contributed by atoms with E-state index in [0.29, 0.717) is 31.7 Å². The van der Waals surface area contributed by atoms with Crippen molar-refractivity contribution in [1.29, 1.82) is 0 Å². The first-order chi connectivity index (χ1) is 14.4. The first-order valence-electron chi connectivity index (χ1n) is 11.0. The fourth-order valence-corrected chi connectivity index (χ4v) is 3.72. The van der Waals surface area contributed by atoms with Gasteiger partial charge in [0.05, 0.1) is 6.61 Å². The molecule has 0 saturated carbocycles. The third-order valence-corrected chi connectivity index (χ3v) is 5.69. The van der Waals surface area contributed by atoms with Crippen LogP contribution in [0.1, 0.15) is 25.0 Å². The minimum atomic E-state index is 0.490. The van der Waals surface area contributed by atoms with Crippen molar-refractivity contribution in [3.63, 3.8) is 0 Å². The molecule has 0 radical (unpaired) electrons. The highest BCUT2D eigenvalue weighted by molar-refractivity contribution is 5.79. The van der Waals surface area contributed by atoms with Crippen LogP contribution in [0, 0.1) is 12.8 Å². The standard InChI is InChI=1S/C23H41N5O2/c1-18(2)21(28-11-9-27(5)10-12-28)17-26-23(24-4)25-16-20-8-7-19(3)15-22(20)30-14-13-29-6/h7-8,15,18,21H,9-14,16-17H2,1-6H3,(H2,24,25,26). The molecular weight excluding hydrogens is 378 g/mol. The zero-order valence-electron chi connectivity index (χ0n) is 19.7. The van der Waals surface area contributed by atoms with Crippen LogP contribution in [0.3, 0.4) is 0 Å².